The third kappa shape index (κ3) is 5.99. The van der Waals surface area contributed by atoms with Crippen LogP contribution in [0.25, 0.3) is 0 Å². The van der Waals surface area contributed by atoms with Gasteiger partial charge in [-0.1, -0.05) is 60.7 Å². The topological polar surface area (TPSA) is 43.4 Å². The number of carbonyl (C=O) groups is 2. The van der Waals surface area contributed by atoms with Gasteiger partial charge in [0.15, 0.2) is 0 Å². The number of ether oxygens (including phenoxy) is 1. The maximum absolute atomic E-state index is 11.4. The molecular formula is C21H24O3. The van der Waals surface area contributed by atoms with E-state index in [4.69, 9.17) is 4.74 Å². The van der Waals surface area contributed by atoms with Gasteiger partial charge in [0, 0.05) is 5.92 Å². The zero-order valence-electron chi connectivity index (χ0n) is 14.1. The third-order valence-corrected chi connectivity index (χ3v) is 3.95. The molecule has 2 aromatic rings. The number of hydrogen-bond acceptors (Lipinski definition) is 3. The molecule has 0 saturated heterocycles. The van der Waals surface area contributed by atoms with Crippen LogP contribution in [0.4, 0.5) is 0 Å². The summed E-state index contributed by atoms with van der Waals surface area (Å²) in [6.07, 6.45) is 2.64. The predicted molar refractivity (Wildman–Crippen MR) is 94.8 cm³/mol. The molecule has 0 aliphatic heterocycles. The Morgan fingerprint density at radius 2 is 1.42 bits per heavy atom. The minimum Gasteiger partial charge on any atom is -0.465 e. The molecule has 0 unspecified atom stereocenters. The summed E-state index contributed by atoms with van der Waals surface area (Å²) < 4.78 is 5.09. The summed E-state index contributed by atoms with van der Waals surface area (Å²) in [5.41, 5.74) is 2.61. The fourth-order valence-corrected chi connectivity index (χ4v) is 2.79. The molecule has 0 N–H and O–H groups in total. The van der Waals surface area contributed by atoms with Crippen LogP contribution in [0, 0.1) is 0 Å². The van der Waals surface area contributed by atoms with Crippen LogP contribution in [0.3, 0.4) is 0 Å². The molecule has 0 saturated carbocycles. The molecule has 3 heteroatoms. The van der Waals surface area contributed by atoms with E-state index in [9.17, 15) is 9.59 Å². The second kappa shape index (κ2) is 9.66. The fraction of sp³-hybridized carbons (Fsp3) is 0.333. The zero-order chi connectivity index (χ0) is 17.2. The highest BCUT2D eigenvalue weighted by molar-refractivity contribution is 5.94. The second-order valence-corrected chi connectivity index (χ2v) is 5.97. The number of ketones is 1. The van der Waals surface area contributed by atoms with Gasteiger partial charge in [-0.15, -0.1) is 0 Å². The van der Waals surface area contributed by atoms with Gasteiger partial charge in [-0.2, -0.15) is 0 Å². The minimum atomic E-state index is -0.426. The zero-order valence-corrected chi connectivity index (χ0v) is 14.1. The number of esters is 1. The van der Waals surface area contributed by atoms with Crippen LogP contribution in [0.2, 0.25) is 0 Å². The van der Waals surface area contributed by atoms with E-state index in [0.29, 0.717) is 12.5 Å². The molecule has 0 heterocycles. The number of unbranched alkanes of at least 4 members (excludes halogenated alkanes) is 1. The summed E-state index contributed by atoms with van der Waals surface area (Å²) in [6, 6.07) is 20.9. The molecule has 2 rings (SSSR count). The van der Waals surface area contributed by atoms with Gasteiger partial charge in [0.05, 0.1) is 6.61 Å². The maximum Gasteiger partial charge on any atom is 0.313 e. The average molecular weight is 324 g/mol. The molecule has 0 aromatic heterocycles. The minimum absolute atomic E-state index is 0.128. The molecule has 0 radical (unpaired) electrons. The lowest BCUT2D eigenvalue weighted by atomic mass is 9.87. The molecule has 3 nitrogen and oxygen atoms in total. The molecule has 126 valence electrons. The van der Waals surface area contributed by atoms with Gasteiger partial charge in [0.2, 0.25) is 0 Å². The van der Waals surface area contributed by atoms with Crippen molar-refractivity contribution in [3.8, 4) is 0 Å². The van der Waals surface area contributed by atoms with Crippen molar-refractivity contribution in [1.82, 2.24) is 0 Å². The highest BCUT2D eigenvalue weighted by Crippen LogP contribution is 2.29. The van der Waals surface area contributed by atoms with Crippen molar-refractivity contribution in [1.29, 1.82) is 0 Å². The van der Waals surface area contributed by atoms with Gasteiger partial charge in [-0.25, -0.2) is 0 Å². The van der Waals surface area contributed by atoms with E-state index in [1.54, 1.807) is 0 Å². The van der Waals surface area contributed by atoms with Crippen molar-refractivity contribution in [2.24, 2.45) is 0 Å². The molecular weight excluding hydrogens is 300 g/mol. The van der Waals surface area contributed by atoms with Crippen LogP contribution in [0.5, 0.6) is 0 Å². The van der Waals surface area contributed by atoms with Crippen LogP contribution in [-0.2, 0) is 14.3 Å². The second-order valence-electron chi connectivity index (χ2n) is 5.97. The van der Waals surface area contributed by atoms with E-state index in [0.717, 1.165) is 19.3 Å². The van der Waals surface area contributed by atoms with Crippen molar-refractivity contribution in [3.63, 3.8) is 0 Å². The van der Waals surface area contributed by atoms with E-state index in [1.165, 1.54) is 18.1 Å². The van der Waals surface area contributed by atoms with Crippen LogP contribution in [0.1, 0.15) is 49.7 Å². The van der Waals surface area contributed by atoms with Gasteiger partial charge in [0.1, 0.15) is 12.2 Å². The molecule has 0 atom stereocenters. The first kappa shape index (κ1) is 17.9. The molecule has 2 aromatic carbocycles. The quantitative estimate of drug-likeness (QED) is 0.387. The SMILES string of the molecule is CC(=O)CC(=O)OCCCCC(c1ccccc1)c1ccccc1. The maximum atomic E-state index is 11.4. The van der Waals surface area contributed by atoms with Crippen molar-refractivity contribution < 1.29 is 14.3 Å². The van der Waals surface area contributed by atoms with Gasteiger partial charge in [-0.05, 0) is 37.3 Å². The lowest BCUT2D eigenvalue weighted by Crippen LogP contribution is -2.10. The monoisotopic (exact) mass is 324 g/mol. The summed E-state index contributed by atoms with van der Waals surface area (Å²) in [5.74, 6) is -0.237. The van der Waals surface area contributed by atoms with Gasteiger partial charge < -0.3 is 4.74 Å². The fourth-order valence-electron chi connectivity index (χ4n) is 2.79. The molecule has 0 amide bonds. The highest BCUT2D eigenvalue weighted by Gasteiger charge is 2.13. The van der Waals surface area contributed by atoms with Gasteiger partial charge >= 0.3 is 5.97 Å². The average Bonchev–Trinajstić information content (AvgIpc) is 2.59. The lowest BCUT2D eigenvalue weighted by molar-refractivity contribution is -0.145. The first-order valence-corrected chi connectivity index (χ1v) is 8.42. The highest BCUT2D eigenvalue weighted by atomic mass is 16.5. The van der Waals surface area contributed by atoms with Crippen molar-refractivity contribution in [3.05, 3.63) is 71.8 Å². The Bertz CT molecular complexity index is 595. The van der Waals surface area contributed by atoms with Crippen LogP contribution < -0.4 is 0 Å². The summed E-state index contributed by atoms with van der Waals surface area (Å²) in [4.78, 5) is 22.2. The summed E-state index contributed by atoms with van der Waals surface area (Å²) in [5, 5.41) is 0. The van der Waals surface area contributed by atoms with E-state index in [1.807, 2.05) is 12.1 Å². The molecule has 0 aliphatic carbocycles. The Morgan fingerprint density at radius 3 is 1.92 bits per heavy atom. The summed E-state index contributed by atoms with van der Waals surface area (Å²) in [7, 11) is 0. The lowest BCUT2D eigenvalue weighted by Gasteiger charge is -2.18. The third-order valence-electron chi connectivity index (χ3n) is 3.95. The van der Waals surface area contributed by atoms with Crippen LogP contribution in [0.15, 0.2) is 60.7 Å². The van der Waals surface area contributed by atoms with Crippen molar-refractivity contribution in [2.45, 2.75) is 38.5 Å². The normalized spacial score (nSPS) is 10.6. The molecule has 0 aliphatic rings. The largest absolute Gasteiger partial charge is 0.465 e. The molecule has 24 heavy (non-hydrogen) atoms. The van der Waals surface area contributed by atoms with Crippen molar-refractivity contribution >= 4 is 11.8 Å². The van der Waals surface area contributed by atoms with Gasteiger partial charge in [-0.3, -0.25) is 9.59 Å². The Labute approximate surface area is 143 Å². The number of hydrogen-bond donors (Lipinski definition) is 0. The first-order chi connectivity index (χ1) is 11.7. The first-order valence-electron chi connectivity index (χ1n) is 8.42. The Morgan fingerprint density at radius 1 is 0.875 bits per heavy atom. The Kier molecular flexibility index (Phi) is 7.21. The van der Waals surface area contributed by atoms with E-state index in [-0.39, 0.29) is 12.2 Å². The van der Waals surface area contributed by atoms with Crippen LogP contribution >= 0.6 is 0 Å². The molecule has 0 fully saturated rings. The van der Waals surface area contributed by atoms with E-state index in [2.05, 4.69) is 48.5 Å². The summed E-state index contributed by atoms with van der Waals surface area (Å²) in [6.45, 7) is 1.77. The Balaban J connectivity index is 1.86. The van der Waals surface area contributed by atoms with Crippen molar-refractivity contribution in [2.75, 3.05) is 6.61 Å². The van der Waals surface area contributed by atoms with E-state index < -0.39 is 5.97 Å². The number of rotatable bonds is 9. The molecule has 0 bridgehead atoms. The van der Waals surface area contributed by atoms with E-state index >= 15 is 0 Å². The van der Waals surface area contributed by atoms with Crippen LogP contribution in [-0.4, -0.2) is 18.4 Å². The molecule has 0 spiro atoms. The number of carbonyl (C=O) groups excluding carboxylic acids is 2. The smallest absolute Gasteiger partial charge is 0.313 e. The number of benzene rings is 2. The summed E-state index contributed by atoms with van der Waals surface area (Å²) >= 11 is 0. The van der Waals surface area contributed by atoms with Gasteiger partial charge in [0.25, 0.3) is 0 Å². The predicted octanol–water partition coefficient (Wildman–Crippen LogP) is 4.51. The Hall–Kier alpha value is -2.42. The number of Topliss-reactive ketones (excluding diaryl/α,β-unsaturated/α-hetero) is 1. The standard InChI is InChI=1S/C21H24O3/c1-17(22)16-21(23)24-15-9-8-14-20(18-10-4-2-5-11-18)19-12-6-3-7-13-19/h2-7,10-13,20H,8-9,14-16H2,1H3.